The molecule has 1 aromatic rings. The average molecular weight is 237 g/mol. The Kier molecular flexibility index (Phi) is 4.51. The molecule has 1 amide bonds. The molecule has 0 bridgehead atoms. The van der Waals surface area contributed by atoms with Gasteiger partial charge in [-0.25, -0.2) is 4.79 Å². The van der Waals surface area contributed by atoms with Crippen molar-refractivity contribution in [3.8, 4) is 5.75 Å². The molecule has 0 aromatic heterocycles. The van der Waals surface area contributed by atoms with Crippen LogP contribution >= 0.6 is 0 Å². The molecular formula is C12H15NO4. The van der Waals surface area contributed by atoms with Crippen molar-refractivity contribution < 1.29 is 19.4 Å². The first kappa shape index (κ1) is 13.0. The summed E-state index contributed by atoms with van der Waals surface area (Å²) >= 11 is 0. The van der Waals surface area contributed by atoms with Gasteiger partial charge in [-0.3, -0.25) is 4.79 Å². The number of hydrogen-bond acceptors (Lipinski definition) is 3. The van der Waals surface area contributed by atoms with E-state index in [1.54, 1.807) is 26.1 Å². The van der Waals surface area contributed by atoms with Crippen molar-refractivity contribution >= 4 is 11.9 Å². The molecule has 92 valence electrons. The van der Waals surface area contributed by atoms with E-state index >= 15 is 0 Å². The topological polar surface area (TPSA) is 75.6 Å². The minimum Gasteiger partial charge on any atom is -0.492 e. The van der Waals surface area contributed by atoms with Gasteiger partial charge in [0.1, 0.15) is 11.3 Å². The highest BCUT2D eigenvalue weighted by atomic mass is 16.5. The van der Waals surface area contributed by atoms with Crippen LogP contribution in [0.1, 0.15) is 22.3 Å². The molecule has 1 aromatic carbocycles. The van der Waals surface area contributed by atoms with Crippen molar-refractivity contribution in [2.45, 2.75) is 13.3 Å². The maximum atomic E-state index is 11.0. The minimum atomic E-state index is -1.04. The summed E-state index contributed by atoms with van der Waals surface area (Å²) in [6, 6.07) is 4.90. The number of aryl methyl sites for hydroxylation is 1. The second kappa shape index (κ2) is 5.89. The standard InChI is InChI=1S/C12H15NO4/c1-8-4-3-5-9(12(15)16)11(8)17-7-6-10(14)13-2/h3-5H,6-7H2,1-2H3,(H,13,14)(H,15,16). The molecule has 0 aliphatic heterocycles. The van der Waals surface area contributed by atoms with Crippen molar-refractivity contribution in [1.29, 1.82) is 0 Å². The highest BCUT2D eigenvalue weighted by molar-refractivity contribution is 5.91. The number of para-hydroxylation sites is 1. The van der Waals surface area contributed by atoms with Gasteiger partial charge in [-0.2, -0.15) is 0 Å². The first-order valence-electron chi connectivity index (χ1n) is 5.22. The van der Waals surface area contributed by atoms with Crippen LogP contribution in [0.25, 0.3) is 0 Å². The quantitative estimate of drug-likeness (QED) is 0.807. The van der Waals surface area contributed by atoms with Gasteiger partial charge in [0.15, 0.2) is 0 Å². The number of carboxylic acids is 1. The van der Waals surface area contributed by atoms with E-state index in [2.05, 4.69) is 5.32 Å². The Morgan fingerprint density at radius 2 is 2.12 bits per heavy atom. The lowest BCUT2D eigenvalue weighted by Gasteiger charge is -2.11. The van der Waals surface area contributed by atoms with Gasteiger partial charge in [0, 0.05) is 7.05 Å². The Balaban J connectivity index is 2.76. The normalized spacial score (nSPS) is 9.76. The molecule has 0 aliphatic carbocycles. The van der Waals surface area contributed by atoms with E-state index in [0.717, 1.165) is 5.56 Å². The Morgan fingerprint density at radius 3 is 2.71 bits per heavy atom. The van der Waals surface area contributed by atoms with Crippen LogP contribution < -0.4 is 10.1 Å². The van der Waals surface area contributed by atoms with Crippen LogP contribution in [0.4, 0.5) is 0 Å². The number of carbonyl (C=O) groups excluding carboxylic acids is 1. The molecule has 2 N–H and O–H groups in total. The average Bonchev–Trinajstić information content (AvgIpc) is 2.30. The summed E-state index contributed by atoms with van der Waals surface area (Å²) in [7, 11) is 1.54. The number of nitrogens with one attached hydrogen (secondary N) is 1. The monoisotopic (exact) mass is 237 g/mol. The summed E-state index contributed by atoms with van der Waals surface area (Å²) < 4.78 is 5.36. The van der Waals surface area contributed by atoms with E-state index in [1.807, 2.05) is 0 Å². The first-order valence-corrected chi connectivity index (χ1v) is 5.22. The summed E-state index contributed by atoms with van der Waals surface area (Å²) in [5, 5.41) is 11.5. The van der Waals surface area contributed by atoms with Gasteiger partial charge in [0.2, 0.25) is 5.91 Å². The predicted octanol–water partition coefficient (Wildman–Crippen LogP) is 1.21. The second-order valence-electron chi connectivity index (χ2n) is 3.53. The number of aromatic carboxylic acids is 1. The van der Waals surface area contributed by atoms with Crippen LogP contribution in [0, 0.1) is 6.92 Å². The van der Waals surface area contributed by atoms with Crippen LogP contribution in [0.15, 0.2) is 18.2 Å². The Labute approximate surface area is 99.4 Å². The highest BCUT2D eigenvalue weighted by Crippen LogP contribution is 2.23. The van der Waals surface area contributed by atoms with Crippen molar-refractivity contribution in [1.82, 2.24) is 5.32 Å². The third-order valence-corrected chi connectivity index (χ3v) is 2.30. The maximum Gasteiger partial charge on any atom is 0.339 e. The van der Waals surface area contributed by atoms with Crippen LogP contribution in [-0.4, -0.2) is 30.6 Å². The summed E-state index contributed by atoms with van der Waals surface area (Å²) in [6.45, 7) is 1.92. The van der Waals surface area contributed by atoms with Crippen LogP contribution in [0.5, 0.6) is 5.75 Å². The maximum absolute atomic E-state index is 11.0. The fraction of sp³-hybridized carbons (Fsp3) is 0.333. The lowest BCUT2D eigenvalue weighted by atomic mass is 10.1. The zero-order valence-electron chi connectivity index (χ0n) is 9.82. The van der Waals surface area contributed by atoms with Gasteiger partial charge >= 0.3 is 5.97 Å². The van der Waals surface area contributed by atoms with E-state index in [1.165, 1.54) is 6.07 Å². The Morgan fingerprint density at radius 1 is 1.41 bits per heavy atom. The number of ether oxygens (including phenoxy) is 1. The molecule has 0 fully saturated rings. The number of carboxylic acid groups (broad SMARTS) is 1. The van der Waals surface area contributed by atoms with Gasteiger partial charge in [0.05, 0.1) is 13.0 Å². The molecule has 0 atom stereocenters. The van der Waals surface area contributed by atoms with Gasteiger partial charge < -0.3 is 15.2 Å². The highest BCUT2D eigenvalue weighted by Gasteiger charge is 2.13. The third kappa shape index (κ3) is 3.48. The van der Waals surface area contributed by atoms with Gasteiger partial charge in [0.25, 0.3) is 0 Å². The summed E-state index contributed by atoms with van der Waals surface area (Å²) in [5.74, 6) is -0.858. The molecule has 0 unspecified atom stereocenters. The van der Waals surface area contributed by atoms with Crippen molar-refractivity contribution in [3.63, 3.8) is 0 Å². The molecule has 0 heterocycles. The van der Waals surface area contributed by atoms with Crippen molar-refractivity contribution in [3.05, 3.63) is 29.3 Å². The summed E-state index contributed by atoms with van der Waals surface area (Å²) in [6.07, 6.45) is 0.198. The number of benzene rings is 1. The molecule has 0 saturated heterocycles. The van der Waals surface area contributed by atoms with Gasteiger partial charge in [-0.05, 0) is 18.6 Å². The first-order chi connectivity index (χ1) is 8.06. The number of amides is 1. The second-order valence-corrected chi connectivity index (χ2v) is 3.53. The third-order valence-electron chi connectivity index (χ3n) is 2.30. The minimum absolute atomic E-state index is 0.113. The van der Waals surface area contributed by atoms with Crippen molar-refractivity contribution in [2.24, 2.45) is 0 Å². The van der Waals surface area contributed by atoms with Gasteiger partial charge in [-0.15, -0.1) is 0 Å². The fourth-order valence-corrected chi connectivity index (χ4v) is 1.38. The van der Waals surface area contributed by atoms with Gasteiger partial charge in [-0.1, -0.05) is 12.1 Å². The smallest absolute Gasteiger partial charge is 0.339 e. The van der Waals surface area contributed by atoms with E-state index < -0.39 is 5.97 Å². The van der Waals surface area contributed by atoms with Crippen LogP contribution in [0.3, 0.4) is 0 Å². The zero-order chi connectivity index (χ0) is 12.8. The molecule has 0 saturated carbocycles. The fourth-order valence-electron chi connectivity index (χ4n) is 1.38. The lowest BCUT2D eigenvalue weighted by Crippen LogP contribution is -2.20. The molecular weight excluding hydrogens is 222 g/mol. The summed E-state index contributed by atoms with van der Waals surface area (Å²) in [5.41, 5.74) is 0.851. The molecule has 5 heteroatoms. The number of hydrogen-bond donors (Lipinski definition) is 2. The van der Waals surface area contributed by atoms with E-state index in [-0.39, 0.29) is 24.5 Å². The Bertz CT molecular complexity index is 429. The SMILES string of the molecule is CNC(=O)CCOc1c(C)cccc1C(=O)O. The van der Waals surface area contributed by atoms with Crippen molar-refractivity contribution in [2.75, 3.05) is 13.7 Å². The van der Waals surface area contributed by atoms with Crippen LogP contribution in [0.2, 0.25) is 0 Å². The van der Waals surface area contributed by atoms with E-state index in [0.29, 0.717) is 5.75 Å². The molecule has 0 radical (unpaired) electrons. The molecule has 0 aliphatic rings. The number of carbonyl (C=O) groups is 2. The zero-order valence-corrected chi connectivity index (χ0v) is 9.82. The molecule has 0 spiro atoms. The molecule has 5 nitrogen and oxygen atoms in total. The lowest BCUT2D eigenvalue weighted by molar-refractivity contribution is -0.121. The molecule has 17 heavy (non-hydrogen) atoms. The number of rotatable bonds is 5. The Hall–Kier alpha value is -2.04. The van der Waals surface area contributed by atoms with Crippen LogP contribution in [-0.2, 0) is 4.79 Å². The largest absolute Gasteiger partial charge is 0.492 e. The van der Waals surface area contributed by atoms with E-state index in [9.17, 15) is 9.59 Å². The summed E-state index contributed by atoms with van der Waals surface area (Å²) in [4.78, 5) is 22.0. The molecule has 1 rings (SSSR count). The predicted molar refractivity (Wildman–Crippen MR) is 62.3 cm³/mol. The van der Waals surface area contributed by atoms with E-state index in [4.69, 9.17) is 9.84 Å².